The summed E-state index contributed by atoms with van der Waals surface area (Å²) in [5, 5.41) is 3.02. The number of halogens is 1. The average molecular weight is 423 g/mol. The molecule has 0 bridgehead atoms. The van der Waals surface area contributed by atoms with Crippen LogP contribution in [0, 0.1) is 0 Å². The number of hydrogen-bond donors (Lipinski definition) is 2. The van der Waals surface area contributed by atoms with Gasteiger partial charge in [0.1, 0.15) is 19.1 Å². The zero-order chi connectivity index (χ0) is 18.5. The summed E-state index contributed by atoms with van der Waals surface area (Å²) in [6, 6.07) is 12.1. The van der Waals surface area contributed by atoms with Crippen LogP contribution in [0.1, 0.15) is 22.2 Å². The molecule has 0 aliphatic carbocycles. The number of furan rings is 1. The number of rotatable bonds is 6. The van der Waals surface area contributed by atoms with E-state index in [4.69, 9.17) is 9.15 Å². The third-order valence-electron chi connectivity index (χ3n) is 4.70. The highest BCUT2D eigenvalue weighted by Gasteiger charge is 2.27. The summed E-state index contributed by atoms with van der Waals surface area (Å²) in [7, 11) is 4.06. The number of nitrogens with one attached hydrogen (secondary N) is 2. The number of anilines is 1. The number of benzene rings is 1. The maximum atomic E-state index is 12.4. The van der Waals surface area contributed by atoms with Crippen LogP contribution in [-0.2, 0) is 4.74 Å². The van der Waals surface area contributed by atoms with Gasteiger partial charge in [-0.15, -0.1) is 0 Å². The van der Waals surface area contributed by atoms with Crippen LogP contribution in [0.4, 0.5) is 5.69 Å². The fraction of sp³-hybridized carbons (Fsp3) is 0.421. The molecule has 1 amide bonds. The molecule has 2 N–H and O–H groups in total. The van der Waals surface area contributed by atoms with Gasteiger partial charge >= 0.3 is 0 Å². The molecular weight excluding hydrogens is 398 g/mol. The predicted octanol–water partition coefficient (Wildman–Crippen LogP) is 1.49. The normalized spacial score (nSPS) is 16.3. The number of carbonyl (C=O) groups excluding carboxylic acids is 1. The quantitative estimate of drug-likeness (QED) is 0.740. The van der Waals surface area contributed by atoms with Gasteiger partial charge in [0.05, 0.1) is 19.8 Å². The molecule has 0 saturated carbocycles. The summed E-state index contributed by atoms with van der Waals surface area (Å²) in [4.78, 5) is 15.9. The number of ether oxygens (including phenoxy) is 1. The third-order valence-corrected chi connectivity index (χ3v) is 5.13. The molecule has 1 fully saturated rings. The van der Waals surface area contributed by atoms with Crippen molar-refractivity contribution in [3.63, 3.8) is 0 Å². The first-order valence-corrected chi connectivity index (χ1v) is 9.57. The van der Waals surface area contributed by atoms with Crippen LogP contribution >= 0.6 is 15.9 Å². The van der Waals surface area contributed by atoms with Gasteiger partial charge in [-0.05, 0) is 40.2 Å². The first kappa shape index (κ1) is 18.9. The fourth-order valence-electron chi connectivity index (χ4n) is 3.20. The molecule has 1 aromatic carbocycles. The second kappa shape index (κ2) is 8.70. The maximum absolute atomic E-state index is 12.4. The number of quaternary nitrogens is 1. The van der Waals surface area contributed by atoms with E-state index in [2.05, 4.69) is 50.4 Å². The zero-order valence-corrected chi connectivity index (χ0v) is 16.7. The Morgan fingerprint density at radius 1 is 1.19 bits per heavy atom. The van der Waals surface area contributed by atoms with Crippen molar-refractivity contribution < 1.29 is 18.8 Å². The summed E-state index contributed by atoms with van der Waals surface area (Å²) in [5.74, 6) is 0.119. The molecule has 1 aliphatic rings. The second-order valence-corrected chi connectivity index (χ2v) is 7.40. The number of morpholine rings is 1. The molecule has 3 rings (SSSR count). The minimum absolute atomic E-state index is 0.178. The van der Waals surface area contributed by atoms with E-state index in [9.17, 15) is 4.79 Å². The Balaban J connectivity index is 1.73. The molecule has 0 radical (unpaired) electrons. The number of carbonyl (C=O) groups is 1. The van der Waals surface area contributed by atoms with Gasteiger partial charge < -0.3 is 24.3 Å². The lowest BCUT2D eigenvalue weighted by molar-refractivity contribution is -0.937. The topological polar surface area (TPSA) is 59.2 Å². The largest absolute Gasteiger partial charge is 0.444 e. The molecular formula is C19H25BrN3O3+. The van der Waals surface area contributed by atoms with E-state index in [0.717, 1.165) is 32.0 Å². The lowest BCUT2D eigenvalue weighted by atomic mass is 10.0. The Morgan fingerprint density at radius 3 is 2.46 bits per heavy atom. The van der Waals surface area contributed by atoms with Crippen molar-refractivity contribution >= 4 is 27.5 Å². The van der Waals surface area contributed by atoms with Gasteiger partial charge in [-0.25, -0.2) is 0 Å². The monoisotopic (exact) mass is 422 g/mol. The minimum atomic E-state index is -0.196. The van der Waals surface area contributed by atoms with E-state index >= 15 is 0 Å². The molecule has 2 heterocycles. The molecule has 1 aromatic heterocycles. The summed E-state index contributed by atoms with van der Waals surface area (Å²) in [6.45, 7) is 3.92. The van der Waals surface area contributed by atoms with E-state index in [-0.39, 0.29) is 11.9 Å². The van der Waals surface area contributed by atoms with E-state index in [1.807, 2.05) is 14.1 Å². The van der Waals surface area contributed by atoms with Crippen LogP contribution in [0.25, 0.3) is 0 Å². The van der Waals surface area contributed by atoms with Crippen LogP contribution < -0.4 is 15.1 Å². The van der Waals surface area contributed by atoms with E-state index in [1.54, 1.807) is 12.1 Å². The summed E-state index contributed by atoms with van der Waals surface area (Å²) >= 11 is 3.23. The minimum Gasteiger partial charge on any atom is -0.444 e. The maximum Gasteiger partial charge on any atom is 0.287 e. The van der Waals surface area contributed by atoms with Gasteiger partial charge in [0.2, 0.25) is 0 Å². The van der Waals surface area contributed by atoms with Gasteiger partial charge in [-0.2, -0.15) is 0 Å². The zero-order valence-electron chi connectivity index (χ0n) is 15.1. The van der Waals surface area contributed by atoms with E-state index in [0.29, 0.717) is 17.0 Å². The molecule has 6 nitrogen and oxygen atoms in total. The molecule has 2 aromatic rings. The van der Waals surface area contributed by atoms with Gasteiger partial charge in [0.25, 0.3) is 5.91 Å². The Morgan fingerprint density at radius 2 is 1.88 bits per heavy atom. The lowest BCUT2D eigenvalue weighted by Gasteiger charge is -2.32. The van der Waals surface area contributed by atoms with Crippen LogP contribution in [-0.4, -0.2) is 52.9 Å². The van der Waals surface area contributed by atoms with E-state index < -0.39 is 0 Å². The first-order valence-electron chi connectivity index (χ1n) is 8.78. The Labute approximate surface area is 162 Å². The molecule has 0 spiro atoms. The third kappa shape index (κ3) is 4.66. The van der Waals surface area contributed by atoms with Gasteiger partial charge in [-0.3, -0.25) is 4.79 Å². The highest BCUT2D eigenvalue weighted by Crippen LogP contribution is 2.17. The van der Waals surface area contributed by atoms with Gasteiger partial charge in [-0.1, -0.05) is 12.1 Å². The van der Waals surface area contributed by atoms with Crippen molar-refractivity contribution in [2.45, 2.75) is 6.04 Å². The molecule has 26 heavy (non-hydrogen) atoms. The summed E-state index contributed by atoms with van der Waals surface area (Å²) in [6.07, 6.45) is 0. The standard InChI is InChI=1S/C19H24BrN3O3/c1-22(2)15-5-3-14(4-6-15)16(23-9-11-25-12-10-23)13-21-19(24)17-7-8-18(20)26-17/h3-8,16H,9-13H2,1-2H3,(H,21,24)/p+1/t16-/m0/s1. The van der Waals surface area contributed by atoms with Crippen LogP contribution in [0.15, 0.2) is 45.5 Å². The van der Waals surface area contributed by atoms with Crippen LogP contribution in [0.3, 0.4) is 0 Å². The molecule has 1 atom stereocenters. The Hall–Kier alpha value is -1.83. The first-order chi connectivity index (χ1) is 12.5. The highest BCUT2D eigenvalue weighted by atomic mass is 79.9. The molecule has 1 aliphatic heterocycles. The van der Waals surface area contributed by atoms with Crippen LogP contribution in [0.5, 0.6) is 0 Å². The number of amides is 1. The fourth-order valence-corrected chi connectivity index (χ4v) is 3.51. The predicted molar refractivity (Wildman–Crippen MR) is 104 cm³/mol. The van der Waals surface area contributed by atoms with Crippen molar-refractivity contribution in [1.82, 2.24) is 5.32 Å². The number of nitrogens with zero attached hydrogens (tertiary/aromatic N) is 1. The molecule has 7 heteroatoms. The second-order valence-electron chi connectivity index (χ2n) is 6.62. The van der Waals surface area contributed by atoms with Crippen molar-refractivity contribution in [2.24, 2.45) is 0 Å². The Kier molecular flexibility index (Phi) is 6.34. The van der Waals surface area contributed by atoms with E-state index in [1.165, 1.54) is 10.5 Å². The van der Waals surface area contributed by atoms with Gasteiger partial charge in [0, 0.05) is 25.3 Å². The van der Waals surface area contributed by atoms with Gasteiger partial charge in [0.15, 0.2) is 10.4 Å². The number of hydrogen-bond acceptors (Lipinski definition) is 4. The van der Waals surface area contributed by atoms with Crippen molar-refractivity contribution in [2.75, 3.05) is 51.8 Å². The summed E-state index contributed by atoms with van der Waals surface area (Å²) in [5.41, 5.74) is 2.38. The van der Waals surface area contributed by atoms with Crippen molar-refractivity contribution in [3.05, 3.63) is 52.4 Å². The lowest BCUT2D eigenvalue weighted by Crippen LogP contribution is -3.15. The van der Waals surface area contributed by atoms with Crippen molar-refractivity contribution in [3.8, 4) is 0 Å². The molecule has 0 unspecified atom stereocenters. The van der Waals surface area contributed by atoms with Crippen LogP contribution in [0.2, 0.25) is 0 Å². The average Bonchev–Trinajstić information content (AvgIpc) is 3.09. The molecule has 1 saturated heterocycles. The Bertz CT molecular complexity index is 724. The van der Waals surface area contributed by atoms with Crippen molar-refractivity contribution in [1.29, 1.82) is 0 Å². The molecule has 140 valence electrons. The smallest absolute Gasteiger partial charge is 0.287 e. The highest BCUT2D eigenvalue weighted by molar-refractivity contribution is 9.10. The summed E-state index contributed by atoms with van der Waals surface area (Å²) < 4.78 is 11.4. The SMILES string of the molecule is CN(C)c1ccc([C@H](CNC(=O)c2ccc(Br)o2)[NH+]2CCOCC2)cc1.